The zero-order chi connectivity index (χ0) is 33.9. The van der Waals surface area contributed by atoms with Gasteiger partial charge >= 0.3 is 0 Å². The molecule has 1 saturated heterocycles. The zero-order valence-corrected chi connectivity index (χ0v) is 27.6. The molecule has 3 N–H and O–H groups in total. The van der Waals surface area contributed by atoms with Crippen molar-refractivity contribution < 1.29 is 31.2 Å². The SMILES string of the molecule is CS(=O)(=O)N(CC(=O)N1CCOCC1)c1ccc(N/C(=C2\C(=O)Nc3ccc(S(=O)(=O)Nc4ccccc4)cc32)c2ccccc2)cc1. The normalized spacial score (nSPS) is 15.7. The Morgan fingerprint density at radius 3 is 2.15 bits per heavy atom. The minimum absolute atomic E-state index is 0.0247. The lowest BCUT2D eigenvalue weighted by atomic mass is 10.00. The van der Waals surface area contributed by atoms with E-state index in [1.54, 1.807) is 65.6 Å². The summed E-state index contributed by atoms with van der Waals surface area (Å²) in [5.74, 6) is -0.753. The van der Waals surface area contributed by atoms with Crippen LogP contribution in [0.25, 0.3) is 11.3 Å². The molecular weight excluding hydrogens is 655 g/mol. The van der Waals surface area contributed by atoms with Gasteiger partial charge in [-0.1, -0.05) is 48.5 Å². The first kappa shape index (κ1) is 32.7. The molecule has 2 amide bonds. The average molecular weight is 688 g/mol. The van der Waals surface area contributed by atoms with E-state index in [0.717, 1.165) is 10.6 Å². The maximum atomic E-state index is 13.5. The van der Waals surface area contributed by atoms with Crippen LogP contribution < -0.4 is 19.7 Å². The van der Waals surface area contributed by atoms with Gasteiger partial charge < -0.3 is 20.3 Å². The molecule has 0 radical (unpaired) electrons. The average Bonchev–Trinajstić information content (AvgIpc) is 3.41. The van der Waals surface area contributed by atoms with Crippen LogP contribution in [0.2, 0.25) is 0 Å². The molecule has 248 valence electrons. The van der Waals surface area contributed by atoms with Crippen LogP contribution in [-0.2, 0) is 34.4 Å². The van der Waals surface area contributed by atoms with Crippen molar-refractivity contribution in [3.63, 3.8) is 0 Å². The van der Waals surface area contributed by atoms with Crippen LogP contribution >= 0.6 is 0 Å². The highest BCUT2D eigenvalue weighted by molar-refractivity contribution is 7.92. The smallest absolute Gasteiger partial charge is 0.261 e. The molecule has 48 heavy (non-hydrogen) atoms. The molecule has 0 bridgehead atoms. The van der Waals surface area contributed by atoms with E-state index in [0.29, 0.717) is 65.9 Å². The quantitative estimate of drug-likeness (QED) is 0.211. The molecular formula is C34H33N5O7S2. The van der Waals surface area contributed by atoms with Crippen molar-refractivity contribution >= 4 is 65.9 Å². The number of anilines is 4. The molecule has 12 nitrogen and oxygen atoms in total. The van der Waals surface area contributed by atoms with Crippen molar-refractivity contribution in [2.45, 2.75) is 4.90 Å². The third-order valence-electron chi connectivity index (χ3n) is 7.85. The maximum absolute atomic E-state index is 13.5. The van der Waals surface area contributed by atoms with Crippen LogP contribution in [0.5, 0.6) is 0 Å². The highest BCUT2D eigenvalue weighted by atomic mass is 32.2. The van der Waals surface area contributed by atoms with Crippen molar-refractivity contribution in [2.75, 3.05) is 58.8 Å². The number of ether oxygens (including phenoxy) is 1. The summed E-state index contributed by atoms with van der Waals surface area (Å²) >= 11 is 0. The number of morpholine rings is 1. The van der Waals surface area contributed by atoms with Gasteiger partial charge in [0.25, 0.3) is 15.9 Å². The van der Waals surface area contributed by atoms with Gasteiger partial charge in [0.2, 0.25) is 15.9 Å². The number of carbonyl (C=O) groups excluding carboxylic acids is 2. The Hall–Kier alpha value is -5.18. The second kappa shape index (κ2) is 13.5. The Bertz CT molecular complexity index is 2080. The van der Waals surface area contributed by atoms with Crippen molar-refractivity contribution in [3.8, 4) is 0 Å². The molecule has 0 aliphatic carbocycles. The molecule has 0 saturated carbocycles. The monoisotopic (exact) mass is 687 g/mol. The maximum Gasteiger partial charge on any atom is 0.261 e. The van der Waals surface area contributed by atoms with Gasteiger partial charge in [-0.2, -0.15) is 0 Å². The second-order valence-electron chi connectivity index (χ2n) is 11.2. The first-order valence-electron chi connectivity index (χ1n) is 15.0. The summed E-state index contributed by atoms with van der Waals surface area (Å²) in [6.45, 7) is 1.23. The summed E-state index contributed by atoms with van der Waals surface area (Å²) in [5, 5.41) is 6.13. The number of benzene rings is 4. The number of nitrogens with zero attached hydrogens (tertiary/aromatic N) is 2. The predicted octanol–water partition coefficient (Wildman–Crippen LogP) is 4.04. The van der Waals surface area contributed by atoms with Gasteiger partial charge in [0.05, 0.1) is 41.3 Å². The number of para-hydroxylation sites is 1. The van der Waals surface area contributed by atoms with E-state index in [2.05, 4.69) is 15.4 Å². The summed E-state index contributed by atoms with van der Waals surface area (Å²) in [7, 11) is -7.79. The van der Waals surface area contributed by atoms with Gasteiger partial charge in [-0.15, -0.1) is 0 Å². The lowest BCUT2D eigenvalue weighted by Crippen LogP contribution is -2.47. The largest absolute Gasteiger partial charge is 0.378 e. The van der Waals surface area contributed by atoms with E-state index in [1.807, 2.05) is 30.3 Å². The highest BCUT2D eigenvalue weighted by Crippen LogP contribution is 2.39. The molecule has 6 rings (SSSR count). The van der Waals surface area contributed by atoms with Gasteiger partial charge in [0.1, 0.15) is 6.54 Å². The van der Waals surface area contributed by atoms with Crippen LogP contribution in [0.4, 0.5) is 22.7 Å². The fourth-order valence-corrected chi connectivity index (χ4v) is 7.39. The van der Waals surface area contributed by atoms with Crippen LogP contribution in [-0.4, -0.2) is 72.7 Å². The fraction of sp³-hybridized carbons (Fsp3) is 0.176. The summed E-state index contributed by atoms with van der Waals surface area (Å²) in [6, 6.07) is 28.5. The number of hydrogen-bond acceptors (Lipinski definition) is 8. The van der Waals surface area contributed by atoms with Gasteiger partial charge in [-0.25, -0.2) is 16.8 Å². The number of fused-ring (bicyclic) bond motifs is 1. The molecule has 0 unspecified atom stereocenters. The topological polar surface area (TPSA) is 154 Å². The Kier molecular flexibility index (Phi) is 9.22. The summed E-state index contributed by atoms with van der Waals surface area (Å²) in [4.78, 5) is 28.0. The Balaban J connectivity index is 1.34. The van der Waals surface area contributed by atoms with E-state index in [1.165, 1.54) is 12.1 Å². The van der Waals surface area contributed by atoms with Gasteiger partial charge in [0, 0.05) is 35.7 Å². The van der Waals surface area contributed by atoms with Crippen LogP contribution in [0.3, 0.4) is 0 Å². The van der Waals surface area contributed by atoms with Gasteiger partial charge in [-0.3, -0.25) is 18.6 Å². The van der Waals surface area contributed by atoms with E-state index in [-0.39, 0.29) is 22.9 Å². The Morgan fingerprint density at radius 2 is 1.50 bits per heavy atom. The summed E-state index contributed by atoms with van der Waals surface area (Å²) in [5.41, 5.74) is 3.36. The molecule has 2 aliphatic heterocycles. The zero-order valence-electron chi connectivity index (χ0n) is 25.9. The second-order valence-corrected chi connectivity index (χ2v) is 14.8. The number of amides is 2. The fourth-order valence-electron chi connectivity index (χ4n) is 5.46. The van der Waals surface area contributed by atoms with Crippen molar-refractivity contribution in [2.24, 2.45) is 0 Å². The van der Waals surface area contributed by atoms with E-state index >= 15 is 0 Å². The van der Waals surface area contributed by atoms with E-state index in [4.69, 9.17) is 4.74 Å². The lowest BCUT2D eigenvalue weighted by Gasteiger charge is -2.30. The van der Waals surface area contributed by atoms with Gasteiger partial charge in [0.15, 0.2) is 0 Å². The highest BCUT2D eigenvalue weighted by Gasteiger charge is 2.31. The Labute approximate surface area is 279 Å². The molecule has 0 spiro atoms. The minimum atomic E-state index is -3.99. The van der Waals surface area contributed by atoms with Crippen molar-refractivity contribution in [1.29, 1.82) is 0 Å². The van der Waals surface area contributed by atoms with Crippen LogP contribution in [0, 0.1) is 0 Å². The Morgan fingerprint density at radius 1 is 0.854 bits per heavy atom. The lowest BCUT2D eigenvalue weighted by molar-refractivity contribution is -0.133. The third kappa shape index (κ3) is 7.20. The molecule has 14 heteroatoms. The number of nitrogens with one attached hydrogen (secondary N) is 3. The van der Waals surface area contributed by atoms with Crippen LogP contribution in [0.1, 0.15) is 11.1 Å². The standard InChI is InChI=1S/C34H33N5O7S2/c1-47(42,43)39(23-31(40)38-18-20-46-21-19-38)27-14-12-25(13-15-27)35-33(24-8-4-2-5-9-24)32-29-22-28(16-17-30(29)36-34(32)41)48(44,45)37-26-10-6-3-7-11-26/h2-17,22,35,37H,18-21,23H2,1H3,(H,36,41)/b33-32-. The van der Waals surface area contributed by atoms with Crippen LogP contribution in [0.15, 0.2) is 108 Å². The van der Waals surface area contributed by atoms with Crippen molar-refractivity contribution in [3.05, 3.63) is 114 Å². The van der Waals surface area contributed by atoms with Crippen molar-refractivity contribution in [1.82, 2.24) is 4.90 Å². The molecule has 0 atom stereocenters. The predicted molar refractivity (Wildman–Crippen MR) is 185 cm³/mol. The van der Waals surface area contributed by atoms with E-state index in [9.17, 15) is 26.4 Å². The molecule has 2 heterocycles. The summed E-state index contributed by atoms with van der Waals surface area (Å²) in [6.07, 6.45) is 1.05. The number of hydrogen-bond donors (Lipinski definition) is 3. The van der Waals surface area contributed by atoms with E-state index < -0.39 is 26.0 Å². The number of carbonyl (C=O) groups is 2. The third-order valence-corrected chi connectivity index (χ3v) is 10.4. The molecule has 1 fully saturated rings. The summed E-state index contributed by atoms with van der Waals surface area (Å²) < 4.78 is 61.0. The van der Waals surface area contributed by atoms with Gasteiger partial charge in [-0.05, 0) is 60.2 Å². The molecule has 2 aliphatic rings. The first-order chi connectivity index (χ1) is 23.0. The number of sulfonamides is 2. The molecule has 4 aromatic rings. The molecule has 4 aromatic carbocycles. The number of rotatable bonds is 10. The minimum Gasteiger partial charge on any atom is -0.378 e. The molecule has 0 aromatic heterocycles. The first-order valence-corrected chi connectivity index (χ1v) is 18.4.